The van der Waals surface area contributed by atoms with Crippen LogP contribution in [0.2, 0.25) is 0 Å². The zero-order valence-electron chi connectivity index (χ0n) is 54.8. The maximum absolute atomic E-state index is 7.84. The summed E-state index contributed by atoms with van der Waals surface area (Å²) in [6.45, 7) is 41.5. The van der Waals surface area contributed by atoms with E-state index >= 15 is 0 Å². The Morgan fingerprint density at radius 1 is 0.419 bits per heavy atom. The summed E-state index contributed by atoms with van der Waals surface area (Å²) in [7, 11) is 0. The second-order valence-electron chi connectivity index (χ2n) is 32.5. The summed E-state index contributed by atoms with van der Waals surface area (Å²) >= 11 is 0. The molecule has 8 aromatic rings. The van der Waals surface area contributed by atoms with E-state index in [2.05, 4.69) is 296 Å². The summed E-state index contributed by atoms with van der Waals surface area (Å²) in [6, 6.07) is 64.1. The van der Waals surface area contributed by atoms with Gasteiger partial charge in [-0.2, -0.15) is 0 Å². The molecule has 2 atom stereocenters. The molecule has 0 bridgehead atoms. The molecule has 86 heavy (non-hydrogen) atoms. The molecule has 0 spiro atoms. The minimum Gasteiger partial charge on any atom is -0.495 e. The number of anilines is 8. The van der Waals surface area contributed by atoms with E-state index in [9.17, 15) is 0 Å². The van der Waals surface area contributed by atoms with Crippen molar-refractivity contribution in [1.82, 2.24) is 0 Å². The van der Waals surface area contributed by atoms with Gasteiger partial charge in [0.2, 0.25) is 0 Å². The Labute approximate surface area is 516 Å². The molecule has 0 saturated carbocycles. The second-order valence-corrected chi connectivity index (χ2v) is 32.5. The number of rotatable bonds is 7. The van der Waals surface area contributed by atoms with Gasteiger partial charge in [-0.05, 0) is 216 Å². The highest BCUT2D eigenvalue weighted by atomic mass is 16.5. The van der Waals surface area contributed by atoms with Crippen molar-refractivity contribution >= 4 is 63.1 Å². The number of hydrogen-bond acceptors (Lipinski definition) is 4. The Bertz CT molecular complexity index is 4020. The SMILES string of the molecule is CC(C)(C)c1ccc2c(c1)C1C(O2)B2c3cc4c(cc3N(c3ccc5c(c3)C(C)(C)CCC5(C)C)c3cc(N(c5ccccc5)c5ccc(C(C)(C)c6ccccc6)cc5)cc(c32)N1c1ccc2c(c1)C(C)(C)CCC2(C)C)C(C)(C)CCC4(C)C. The maximum Gasteiger partial charge on any atom is 0.267 e. The first-order valence-corrected chi connectivity index (χ1v) is 32.6. The molecule has 0 saturated heterocycles. The predicted octanol–water partition coefficient (Wildman–Crippen LogP) is 20.4. The van der Waals surface area contributed by atoms with Crippen LogP contribution in [0.15, 0.2) is 164 Å². The summed E-state index contributed by atoms with van der Waals surface area (Å²) in [6.07, 6.45) is 6.90. The van der Waals surface area contributed by atoms with Crippen LogP contribution in [-0.2, 0) is 43.3 Å². The first kappa shape index (κ1) is 56.8. The minimum absolute atomic E-state index is 0.00109. The molecule has 14 rings (SSSR count). The molecule has 0 fully saturated rings. The van der Waals surface area contributed by atoms with Gasteiger partial charge >= 0.3 is 0 Å². The highest BCUT2D eigenvalue weighted by Gasteiger charge is 2.57. The normalized spacial score (nSPS) is 21.2. The molecule has 3 aliphatic heterocycles. The van der Waals surface area contributed by atoms with E-state index in [1.54, 1.807) is 0 Å². The summed E-state index contributed by atoms with van der Waals surface area (Å²) in [5, 5.41) is 0. The van der Waals surface area contributed by atoms with E-state index in [1.165, 1.54) is 108 Å². The third kappa shape index (κ3) is 8.79. The van der Waals surface area contributed by atoms with Crippen LogP contribution in [0.5, 0.6) is 5.75 Å². The highest BCUT2D eigenvalue weighted by molar-refractivity contribution is 6.91. The van der Waals surface area contributed by atoms with Crippen LogP contribution in [0.3, 0.4) is 0 Å². The summed E-state index contributed by atoms with van der Waals surface area (Å²) in [5.74, 6) is 0.999. The molecular weight excluding hydrogens is 1040 g/mol. The third-order valence-electron chi connectivity index (χ3n) is 22.7. The van der Waals surface area contributed by atoms with E-state index in [0.29, 0.717) is 0 Å². The van der Waals surface area contributed by atoms with Gasteiger partial charge in [-0.3, -0.25) is 0 Å². The first-order chi connectivity index (χ1) is 40.5. The molecule has 3 heterocycles. The van der Waals surface area contributed by atoms with E-state index in [-0.39, 0.29) is 62.1 Å². The van der Waals surface area contributed by atoms with Crippen LogP contribution in [0, 0.1) is 0 Å². The number of benzene rings is 8. The lowest BCUT2D eigenvalue weighted by Gasteiger charge is -2.50. The van der Waals surface area contributed by atoms with Crippen molar-refractivity contribution in [1.29, 1.82) is 0 Å². The predicted molar refractivity (Wildman–Crippen MR) is 366 cm³/mol. The molecule has 8 aromatic carbocycles. The lowest BCUT2D eigenvalue weighted by atomic mass is 9.32. The Kier molecular flexibility index (Phi) is 12.6. The molecule has 6 aliphatic rings. The zero-order chi connectivity index (χ0) is 60.6. The number of ether oxygens (including phenoxy) is 1. The van der Waals surface area contributed by atoms with Crippen molar-refractivity contribution in [2.75, 3.05) is 14.7 Å². The summed E-state index contributed by atoms with van der Waals surface area (Å²) in [4.78, 5) is 8.05. The van der Waals surface area contributed by atoms with Crippen molar-refractivity contribution in [3.8, 4) is 5.75 Å². The van der Waals surface area contributed by atoms with Gasteiger partial charge in [-0.25, -0.2) is 0 Å². The highest BCUT2D eigenvalue weighted by Crippen LogP contribution is 2.58. The zero-order valence-corrected chi connectivity index (χ0v) is 54.8. The Balaban J connectivity index is 1.11. The van der Waals surface area contributed by atoms with Crippen LogP contribution in [-0.4, -0.2) is 12.7 Å². The molecule has 0 aromatic heterocycles. The average Bonchev–Trinajstić information content (AvgIpc) is 1.16. The monoisotopic (exact) mass is 1130 g/mol. The fraction of sp³-hybridized carbons (Fsp3) is 0.407. The van der Waals surface area contributed by atoms with E-state index in [1.807, 2.05) is 0 Å². The Hall–Kier alpha value is -6.98. The van der Waals surface area contributed by atoms with Crippen molar-refractivity contribution < 1.29 is 4.74 Å². The quantitative estimate of drug-likeness (QED) is 0.148. The van der Waals surface area contributed by atoms with Crippen LogP contribution >= 0.6 is 0 Å². The Morgan fingerprint density at radius 2 is 0.884 bits per heavy atom. The number of fused-ring (bicyclic) bond motifs is 9. The van der Waals surface area contributed by atoms with Gasteiger partial charge in [-0.1, -0.05) is 203 Å². The number of hydrogen-bond donors (Lipinski definition) is 0. The van der Waals surface area contributed by atoms with Crippen molar-refractivity contribution in [3.63, 3.8) is 0 Å². The third-order valence-corrected chi connectivity index (χ3v) is 22.7. The fourth-order valence-corrected chi connectivity index (χ4v) is 16.6. The maximum atomic E-state index is 7.84. The van der Waals surface area contributed by atoms with Crippen molar-refractivity contribution in [2.45, 2.75) is 212 Å². The van der Waals surface area contributed by atoms with Gasteiger partial charge in [0.1, 0.15) is 11.8 Å². The largest absolute Gasteiger partial charge is 0.495 e. The van der Waals surface area contributed by atoms with E-state index < -0.39 is 0 Å². The minimum atomic E-state index is -0.231. The lowest BCUT2D eigenvalue weighted by Crippen LogP contribution is -2.65. The molecule has 4 nitrogen and oxygen atoms in total. The molecule has 0 radical (unpaired) electrons. The molecule has 0 N–H and O–H groups in total. The molecule has 3 aliphatic carbocycles. The topological polar surface area (TPSA) is 19.0 Å². The summed E-state index contributed by atoms with van der Waals surface area (Å²) < 4.78 is 7.84. The van der Waals surface area contributed by atoms with E-state index in [4.69, 9.17) is 4.74 Å². The van der Waals surface area contributed by atoms with E-state index in [0.717, 1.165) is 48.5 Å². The second kappa shape index (κ2) is 19.0. The van der Waals surface area contributed by atoms with Gasteiger partial charge in [0, 0.05) is 50.8 Å². The standard InChI is InChI=1S/C81H92BN3O/c1-74(2,3)53-30-37-70-59(44-53)72-73(86-70)82-66-49-64-65(80(14,15)43-42-79(64,12)13)50-67(66)84(56-33-35-60-62(45-56)77(8,9)40-38-75(60,4)5)68-47-58(48-69(71(68)82)85(72)57-34-36-61-63(46-57)78(10,11)41-39-76(61,6)7)83(54-26-22-19-23-27-54)55-31-28-52(29-32-55)81(16,17)51-24-20-18-21-25-51/h18-37,44-50,72-73H,38-43H2,1-17H3. The molecule has 5 heteroatoms. The van der Waals surface area contributed by atoms with Gasteiger partial charge in [0.25, 0.3) is 6.71 Å². The Morgan fingerprint density at radius 3 is 1.45 bits per heavy atom. The molecule has 2 unspecified atom stereocenters. The average molecular weight is 1130 g/mol. The van der Waals surface area contributed by atoms with Gasteiger partial charge in [0.05, 0.1) is 11.7 Å². The lowest BCUT2D eigenvalue weighted by molar-refractivity contribution is 0.282. The van der Waals surface area contributed by atoms with Crippen LogP contribution in [0.25, 0.3) is 0 Å². The molecule has 440 valence electrons. The summed E-state index contributed by atoms with van der Waals surface area (Å²) in [5.41, 5.74) is 26.1. The number of nitrogens with zero attached hydrogens (tertiary/aromatic N) is 3. The van der Waals surface area contributed by atoms with Crippen LogP contribution < -0.4 is 30.4 Å². The van der Waals surface area contributed by atoms with Crippen molar-refractivity contribution in [2.24, 2.45) is 0 Å². The smallest absolute Gasteiger partial charge is 0.267 e. The van der Waals surface area contributed by atoms with Crippen LogP contribution in [0.1, 0.15) is 218 Å². The first-order valence-electron chi connectivity index (χ1n) is 32.6. The number of para-hydroxylation sites is 1. The molecular formula is C81H92BN3O. The van der Waals surface area contributed by atoms with Crippen LogP contribution in [0.4, 0.5) is 45.5 Å². The fourth-order valence-electron chi connectivity index (χ4n) is 16.6. The molecule has 0 amide bonds. The van der Waals surface area contributed by atoms with Gasteiger partial charge < -0.3 is 19.4 Å². The van der Waals surface area contributed by atoms with Gasteiger partial charge in [0.15, 0.2) is 0 Å². The van der Waals surface area contributed by atoms with Gasteiger partial charge in [-0.15, -0.1) is 0 Å². The van der Waals surface area contributed by atoms with Crippen molar-refractivity contribution in [3.05, 3.63) is 219 Å².